The molecule has 0 aliphatic heterocycles. The molecule has 0 saturated heterocycles. The summed E-state index contributed by atoms with van der Waals surface area (Å²) in [6.07, 6.45) is 0.371. The van der Waals surface area contributed by atoms with E-state index in [4.69, 9.17) is 9.47 Å². The molecule has 2 heterocycles. The molecule has 23 heavy (non-hydrogen) atoms. The van der Waals surface area contributed by atoms with E-state index in [2.05, 4.69) is 20.2 Å². The van der Waals surface area contributed by atoms with Crippen LogP contribution in [0.1, 0.15) is 23.1 Å². The Morgan fingerprint density at radius 1 is 1.26 bits per heavy atom. The van der Waals surface area contributed by atoms with Gasteiger partial charge >= 0.3 is 12.0 Å². The summed E-state index contributed by atoms with van der Waals surface area (Å²) in [6.45, 7) is 1.98. The van der Waals surface area contributed by atoms with Crippen molar-refractivity contribution in [3.63, 3.8) is 0 Å². The van der Waals surface area contributed by atoms with Crippen LogP contribution in [0.2, 0.25) is 0 Å². The number of hydrogen-bond donors (Lipinski definition) is 2. The number of nitrogens with one attached hydrogen (secondary N) is 1. The first kappa shape index (κ1) is 15.2. The molecule has 2 aromatic heterocycles. The molecule has 120 valence electrons. The molecule has 8 heteroatoms. The molecule has 0 atom stereocenters. The first-order valence-corrected chi connectivity index (χ1v) is 7.19. The van der Waals surface area contributed by atoms with Crippen molar-refractivity contribution in [3.05, 3.63) is 23.5 Å². The maximum atomic E-state index is 12.0. The molecule has 0 radical (unpaired) electrons. The SMILES string of the molecule is CCOC(=O)c1[nH]nc2c1ccc1c(CCO)nc(OC)nc12. The maximum Gasteiger partial charge on any atom is 0.356 e. The van der Waals surface area contributed by atoms with Gasteiger partial charge in [-0.05, 0) is 13.0 Å². The number of nitrogens with zero attached hydrogens (tertiary/aromatic N) is 3. The molecule has 3 aromatic rings. The molecule has 2 N–H and O–H groups in total. The van der Waals surface area contributed by atoms with Gasteiger partial charge in [0.1, 0.15) is 11.0 Å². The smallest absolute Gasteiger partial charge is 0.356 e. The number of rotatable bonds is 5. The number of H-pyrrole nitrogens is 1. The van der Waals surface area contributed by atoms with Gasteiger partial charge in [0.15, 0.2) is 5.69 Å². The summed E-state index contributed by atoms with van der Waals surface area (Å²) in [5.74, 6) is -0.467. The number of fused-ring (bicyclic) bond motifs is 3. The maximum absolute atomic E-state index is 12.0. The number of carbonyl (C=O) groups excluding carboxylic acids is 1. The average molecular weight is 316 g/mol. The second-order valence-corrected chi connectivity index (χ2v) is 4.81. The van der Waals surface area contributed by atoms with Crippen LogP contribution >= 0.6 is 0 Å². The standard InChI is InChI=1S/C15H16N4O4/c1-3-23-14(21)13-9-5-4-8-10(6-7-20)16-15(22-2)17-11(8)12(9)18-19-13/h4-5,20H,3,6-7H2,1-2H3,(H,18,19). The fraction of sp³-hybridized carbons (Fsp3) is 0.333. The van der Waals surface area contributed by atoms with E-state index < -0.39 is 5.97 Å². The van der Waals surface area contributed by atoms with Gasteiger partial charge in [-0.1, -0.05) is 6.07 Å². The van der Waals surface area contributed by atoms with Crippen LogP contribution in [0.4, 0.5) is 0 Å². The molecule has 3 rings (SSSR count). The Labute approximate surface area is 131 Å². The highest BCUT2D eigenvalue weighted by atomic mass is 16.5. The third kappa shape index (κ3) is 2.57. The number of methoxy groups -OCH3 is 1. The largest absolute Gasteiger partial charge is 0.467 e. The molecule has 1 aromatic carbocycles. The van der Waals surface area contributed by atoms with E-state index in [1.165, 1.54) is 7.11 Å². The zero-order chi connectivity index (χ0) is 16.4. The van der Waals surface area contributed by atoms with E-state index in [-0.39, 0.29) is 24.9 Å². The average Bonchev–Trinajstić information content (AvgIpc) is 2.99. The minimum Gasteiger partial charge on any atom is -0.467 e. The number of hydrogen-bond acceptors (Lipinski definition) is 7. The summed E-state index contributed by atoms with van der Waals surface area (Å²) in [5, 5.41) is 17.5. The molecule has 0 fully saturated rings. The van der Waals surface area contributed by atoms with E-state index in [1.807, 2.05) is 0 Å². The Hall–Kier alpha value is -2.74. The molecule has 0 amide bonds. The summed E-state index contributed by atoms with van der Waals surface area (Å²) < 4.78 is 10.1. The van der Waals surface area contributed by atoms with Gasteiger partial charge in [0, 0.05) is 23.8 Å². The number of carbonyl (C=O) groups is 1. The molecule has 0 aliphatic carbocycles. The lowest BCUT2D eigenvalue weighted by Gasteiger charge is -2.07. The van der Waals surface area contributed by atoms with Crippen LogP contribution in [0, 0.1) is 0 Å². The van der Waals surface area contributed by atoms with Gasteiger partial charge in [-0.2, -0.15) is 15.1 Å². The third-order valence-electron chi connectivity index (χ3n) is 3.46. The van der Waals surface area contributed by atoms with Crippen molar-refractivity contribution in [3.8, 4) is 6.01 Å². The lowest BCUT2D eigenvalue weighted by molar-refractivity contribution is 0.0521. The Morgan fingerprint density at radius 3 is 2.74 bits per heavy atom. The fourth-order valence-electron chi connectivity index (χ4n) is 2.46. The van der Waals surface area contributed by atoms with Crippen molar-refractivity contribution >= 4 is 27.8 Å². The number of benzene rings is 1. The highest BCUT2D eigenvalue weighted by Gasteiger charge is 2.19. The molecule has 0 spiro atoms. The zero-order valence-electron chi connectivity index (χ0n) is 12.8. The Bertz CT molecular complexity index is 875. The number of aliphatic hydroxyl groups is 1. The summed E-state index contributed by atoms with van der Waals surface area (Å²) in [4.78, 5) is 20.6. The fourth-order valence-corrected chi connectivity index (χ4v) is 2.46. The Morgan fingerprint density at radius 2 is 2.04 bits per heavy atom. The van der Waals surface area contributed by atoms with E-state index in [0.29, 0.717) is 28.5 Å². The summed E-state index contributed by atoms with van der Waals surface area (Å²) in [7, 11) is 1.47. The quantitative estimate of drug-likeness (QED) is 0.681. The number of aromatic nitrogens is 4. The van der Waals surface area contributed by atoms with Gasteiger partial charge in [0.05, 0.1) is 19.4 Å². The van der Waals surface area contributed by atoms with Gasteiger partial charge in [-0.3, -0.25) is 5.10 Å². The van der Waals surface area contributed by atoms with Gasteiger partial charge < -0.3 is 14.6 Å². The van der Waals surface area contributed by atoms with Crippen molar-refractivity contribution in [1.29, 1.82) is 0 Å². The van der Waals surface area contributed by atoms with E-state index in [1.54, 1.807) is 19.1 Å². The number of aliphatic hydroxyl groups excluding tert-OH is 1. The van der Waals surface area contributed by atoms with Gasteiger partial charge in [0.2, 0.25) is 0 Å². The second-order valence-electron chi connectivity index (χ2n) is 4.81. The Balaban J connectivity index is 2.26. The lowest BCUT2D eigenvalue weighted by atomic mass is 10.1. The molecule has 0 bridgehead atoms. The number of esters is 1. The van der Waals surface area contributed by atoms with Crippen LogP contribution in [0.25, 0.3) is 21.8 Å². The number of ether oxygens (including phenoxy) is 2. The van der Waals surface area contributed by atoms with Gasteiger partial charge in [0.25, 0.3) is 0 Å². The van der Waals surface area contributed by atoms with Crippen molar-refractivity contribution in [1.82, 2.24) is 20.2 Å². The summed E-state index contributed by atoms with van der Waals surface area (Å²) in [6, 6.07) is 3.76. The minimum absolute atomic E-state index is 0.0397. The molecule has 8 nitrogen and oxygen atoms in total. The summed E-state index contributed by atoms with van der Waals surface area (Å²) in [5.41, 5.74) is 2.04. The highest BCUT2D eigenvalue weighted by molar-refractivity contribution is 6.10. The number of aromatic amines is 1. The minimum atomic E-state index is -0.467. The first-order valence-electron chi connectivity index (χ1n) is 7.19. The normalized spacial score (nSPS) is 11.1. The van der Waals surface area contributed by atoms with E-state index in [0.717, 1.165) is 5.39 Å². The highest BCUT2D eigenvalue weighted by Crippen LogP contribution is 2.28. The molecule has 0 aliphatic rings. The van der Waals surface area contributed by atoms with Gasteiger partial charge in [-0.15, -0.1) is 0 Å². The predicted molar refractivity (Wildman–Crippen MR) is 82.5 cm³/mol. The molecular formula is C15H16N4O4. The van der Waals surface area contributed by atoms with Crippen LogP contribution < -0.4 is 4.74 Å². The predicted octanol–water partition coefficient (Wildman–Crippen LogP) is 1.23. The topological polar surface area (TPSA) is 110 Å². The van der Waals surface area contributed by atoms with E-state index >= 15 is 0 Å². The second kappa shape index (κ2) is 6.17. The van der Waals surface area contributed by atoms with E-state index in [9.17, 15) is 9.90 Å². The first-order chi connectivity index (χ1) is 11.2. The van der Waals surface area contributed by atoms with Crippen molar-refractivity contribution in [2.75, 3.05) is 20.3 Å². The van der Waals surface area contributed by atoms with Crippen molar-refractivity contribution in [2.24, 2.45) is 0 Å². The summed E-state index contributed by atoms with van der Waals surface area (Å²) >= 11 is 0. The lowest BCUT2D eigenvalue weighted by Crippen LogP contribution is -2.05. The molecule has 0 saturated carbocycles. The third-order valence-corrected chi connectivity index (χ3v) is 3.46. The van der Waals surface area contributed by atoms with Crippen molar-refractivity contribution < 1.29 is 19.4 Å². The van der Waals surface area contributed by atoms with Crippen LogP contribution in [0.15, 0.2) is 12.1 Å². The molecule has 0 unspecified atom stereocenters. The van der Waals surface area contributed by atoms with Crippen LogP contribution in [-0.4, -0.2) is 51.6 Å². The van der Waals surface area contributed by atoms with Crippen molar-refractivity contribution in [2.45, 2.75) is 13.3 Å². The van der Waals surface area contributed by atoms with Crippen LogP contribution in [-0.2, 0) is 11.2 Å². The van der Waals surface area contributed by atoms with Gasteiger partial charge in [-0.25, -0.2) is 4.79 Å². The van der Waals surface area contributed by atoms with Crippen LogP contribution in [0.3, 0.4) is 0 Å². The van der Waals surface area contributed by atoms with Crippen LogP contribution in [0.5, 0.6) is 6.01 Å². The Kier molecular flexibility index (Phi) is 4.07. The zero-order valence-corrected chi connectivity index (χ0v) is 12.8. The molecular weight excluding hydrogens is 300 g/mol. The monoisotopic (exact) mass is 316 g/mol.